The Kier molecular flexibility index (Phi) is 6.36. The number of rotatable bonds is 6. The van der Waals surface area contributed by atoms with Gasteiger partial charge < -0.3 is 14.5 Å². The van der Waals surface area contributed by atoms with Crippen LogP contribution in [0, 0.1) is 0 Å². The van der Waals surface area contributed by atoms with Crippen molar-refractivity contribution in [1.29, 1.82) is 0 Å². The summed E-state index contributed by atoms with van der Waals surface area (Å²) in [5.41, 5.74) is 2.56. The summed E-state index contributed by atoms with van der Waals surface area (Å²) in [7, 11) is 5.55. The van der Waals surface area contributed by atoms with Crippen LogP contribution >= 0.6 is 11.3 Å². The molecule has 2 aromatic carbocycles. The van der Waals surface area contributed by atoms with Gasteiger partial charge in [0.25, 0.3) is 5.91 Å². The summed E-state index contributed by atoms with van der Waals surface area (Å²) in [5, 5.41) is 12.3. The average molecular weight is 452 g/mol. The third-order valence-corrected chi connectivity index (χ3v) is 6.33. The second-order valence-corrected chi connectivity index (χ2v) is 8.71. The summed E-state index contributed by atoms with van der Waals surface area (Å²) in [4.78, 5) is 29.5. The summed E-state index contributed by atoms with van der Waals surface area (Å²) in [6, 6.07) is 14.4. The topological polar surface area (TPSA) is 87.7 Å². The quantitative estimate of drug-likeness (QED) is 0.617. The zero-order chi connectivity index (χ0) is 22.7. The SMILES string of the molecule is COc1ccc(C(=O)N2CCCC2C(=O)Nc2nnc(-c3ccc(N(C)C)cc3)s2)cc1. The first kappa shape index (κ1) is 21.8. The minimum absolute atomic E-state index is 0.163. The van der Waals surface area contributed by atoms with Crippen molar-refractivity contribution in [3.63, 3.8) is 0 Å². The molecule has 2 amide bonds. The van der Waals surface area contributed by atoms with Crippen LogP contribution < -0.4 is 15.0 Å². The summed E-state index contributed by atoms with van der Waals surface area (Å²) in [6.07, 6.45) is 1.39. The number of amides is 2. The van der Waals surface area contributed by atoms with E-state index >= 15 is 0 Å². The summed E-state index contributed by atoms with van der Waals surface area (Å²) in [6.45, 7) is 0.544. The lowest BCUT2D eigenvalue weighted by atomic mass is 10.1. The molecule has 1 N–H and O–H groups in total. The number of nitrogens with one attached hydrogen (secondary N) is 1. The van der Waals surface area contributed by atoms with Gasteiger partial charge in [0.2, 0.25) is 11.0 Å². The van der Waals surface area contributed by atoms with Crippen LogP contribution in [0.15, 0.2) is 48.5 Å². The number of anilines is 2. The van der Waals surface area contributed by atoms with Gasteiger partial charge in [-0.15, -0.1) is 10.2 Å². The van der Waals surface area contributed by atoms with Gasteiger partial charge in [0.05, 0.1) is 7.11 Å². The molecule has 0 spiro atoms. The van der Waals surface area contributed by atoms with Crippen LogP contribution in [0.3, 0.4) is 0 Å². The van der Waals surface area contributed by atoms with E-state index in [1.165, 1.54) is 11.3 Å². The van der Waals surface area contributed by atoms with E-state index < -0.39 is 6.04 Å². The van der Waals surface area contributed by atoms with E-state index in [4.69, 9.17) is 4.74 Å². The molecule has 1 aliphatic heterocycles. The lowest BCUT2D eigenvalue weighted by molar-refractivity contribution is -0.119. The molecule has 0 saturated carbocycles. The van der Waals surface area contributed by atoms with Crippen LogP contribution in [0.1, 0.15) is 23.2 Å². The molecule has 0 bridgehead atoms. The van der Waals surface area contributed by atoms with Crippen molar-refractivity contribution in [3.05, 3.63) is 54.1 Å². The maximum absolute atomic E-state index is 13.0. The Bertz CT molecular complexity index is 1100. The van der Waals surface area contributed by atoms with E-state index in [0.29, 0.717) is 29.4 Å². The molecule has 4 rings (SSSR count). The zero-order valence-electron chi connectivity index (χ0n) is 18.2. The van der Waals surface area contributed by atoms with Crippen LogP contribution in [-0.4, -0.2) is 60.7 Å². The third kappa shape index (κ3) is 4.57. The van der Waals surface area contributed by atoms with Crippen molar-refractivity contribution in [2.45, 2.75) is 18.9 Å². The van der Waals surface area contributed by atoms with Crippen LogP contribution in [0.4, 0.5) is 10.8 Å². The normalized spacial score (nSPS) is 15.5. The lowest BCUT2D eigenvalue weighted by Crippen LogP contribution is -2.43. The second kappa shape index (κ2) is 9.35. The van der Waals surface area contributed by atoms with Gasteiger partial charge in [-0.05, 0) is 61.4 Å². The molecule has 1 aromatic heterocycles. The lowest BCUT2D eigenvalue weighted by Gasteiger charge is -2.23. The third-order valence-electron chi connectivity index (χ3n) is 5.44. The summed E-state index contributed by atoms with van der Waals surface area (Å²) >= 11 is 1.31. The van der Waals surface area contributed by atoms with E-state index in [0.717, 1.165) is 22.7 Å². The number of likely N-dealkylation sites (tertiary alicyclic amines) is 1. The van der Waals surface area contributed by atoms with Gasteiger partial charge in [-0.25, -0.2) is 0 Å². The molecular formula is C23H25N5O3S. The molecule has 3 aromatic rings. The fourth-order valence-electron chi connectivity index (χ4n) is 3.66. The van der Waals surface area contributed by atoms with Crippen molar-refractivity contribution in [1.82, 2.24) is 15.1 Å². The first-order chi connectivity index (χ1) is 15.5. The Morgan fingerprint density at radius 1 is 1.09 bits per heavy atom. The number of hydrogen-bond donors (Lipinski definition) is 1. The van der Waals surface area contributed by atoms with Crippen molar-refractivity contribution in [3.8, 4) is 16.3 Å². The van der Waals surface area contributed by atoms with Gasteiger partial charge in [0.1, 0.15) is 16.8 Å². The molecule has 1 aliphatic rings. The maximum Gasteiger partial charge on any atom is 0.254 e. The molecule has 0 aliphatic carbocycles. The second-order valence-electron chi connectivity index (χ2n) is 7.73. The molecular weight excluding hydrogens is 426 g/mol. The van der Waals surface area contributed by atoms with E-state index in [1.54, 1.807) is 36.3 Å². The molecule has 0 radical (unpaired) electrons. The van der Waals surface area contributed by atoms with E-state index in [2.05, 4.69) is 15.5 Å². The van der Waals surface area contributed by atoms with Gasteiger partial charge in [-0.2, -0.15) is 0 Å². The zero-order valence-corrected chi connectivity index (χ0v) is 19.1. The highest BCUT2D eigenvalue weighted by atomic mass is 32.1. The number of methoxy groups -OCH3 is 1. The number of ether oxygens (including phenoxy) is 1. The Morgan fingerprint density at radius 2 is 1.81 bits per heavy atom. The Balaban J connectivity index is 1.43. The molecule has 8 nitrogen and oxygen atoms in total. The number of hydrogen-bond acceptors (Lipinski definition) is 7. The van der Waals surface area contributed by atoms with Gasteiger partial charge >= 0.3 is 0 Å². The maximum atomic E-state index is 13.0. The van der Waals surface area contributed by atoms with Gasteiger partial charge in [0.15, 0.2) is 0 Å². The minimum Gasteiger partial charge on any atom is -0.497 e. The molecule has 32 heavy (non-hydrogen) atoms. The molecule has 1 fully saturated rings. The first-order valence-corrected chi connectivity index (χ1v) is 11.1. The Morgan fingerprint density at radius 3 is 2.47 bits per heavy atom. The number of carbonyl (C=O) groups excluding carboxylic acids is 2. The minimum atomic E-state index is -0.531. The highest BCUT2D eigenvalue weighted by Gasteiger charge is 2.35. The fourth-order valence-corrected chi connectivity index (χ4v) is 4.42. The predicted molar refractivity (Wildman–Crippen MR) is 125 cm³/mol. The first-order valence-electron chi connectivity index (χ1n) is 10.3. The molecule has 1 atom stereocenters. The van der Waals surface area contributed by atoms with Crippen molar-refractivity contribution in [2.75, 3.05) is 38.0 Å². The smallest absolute Gasteiger partial charge is 0.254 e. The van der Waals surface area contributed by atoms with Crippen molar-refractivity contribution in [2.24, 2.45) is 0 Å². The highest BCUT2D eigenvalue weighted by molar-refractivity contribution is 7.18. The van der Waals surface area contributed by atoms with E-state index in [9.17, 15) is 9.59 Å². The average Bonchev–Trinajstić information content (AvgIpc) is 3.49. The van der Waals surface area contributed by atoms with Crippen LogP contribution in [0.5, 0.6) is 5.75 Å². The largest absolute Gasteiger partial charge is 0.497 e. The predicted octanol–water partition coefficient (Wildman–Crippen LogP) is 3.52. The van der Waals surface area contributed by atoms with Crippen LogP contribution in [0.25, 0.3) is 10.6 Å². The van der Waals surface area contributed by atoms with E-state index in [1.807, 2.05) is 43.3 Å². The van der Waals surface area contributed by atoms with Crippen LogP contribution in [-0.2, 0) is 4.79 Å². The van der Waals surface area contributed by atoms with Gasteiger partial charge in [-0.3, -0.25) is 14.9 Å². The number of benzene rings is 2. The standard InChI is InChI=1S/C23H25N5O3S/c1-27(2)17-10-6-15(7-11-17)21-25-26-23(32-21)24-20(29)19-5-4-14-28(19)22(30)16-8-12-18(31-3)13-9-16/h6-13,19H,4-5,14H2,1-3H3,(H,24,26,29). The van der Waals surface area contributed by atoms with Gasteiger partial charge in [0, 0.05) is 37.5 Å². The Labute approximate surface area is 190 Å². The molecule has 9 heteroatoms. The Hall–Kier alpha value is -3.46. The van der Waals surface area contributed by atoms with E-state index in [-0.39, 0.29) is 11.8 Å². The summed E-state index contributed by atoms with van der Waals surface area (Å²) in [5.74, 6) is 0.278. The molecule has 1 unspecified atom stereocenters. The summed E-state index contributed by atoms with van der Waals surface area (Å²) < 4.78 is 5.15. The molecule has 2 heterocycles. The number of carbonyl (C=O) groups is 2. The number of nitrogens with zero attached hydrogens (tertiary/aromatic N) is 4. The van der Waals surface area contributed by atoms with Crippen molar-refractivity contribution < 1.29 is 14.3 Å². The molecule has 166 valence electrons. The monoisotopic (exact) mass is 451 g/mol. The molecule has 1 saturated heterocycles. The number of aromatic nitrogens is 2. The highest BCUT2D eigenvalue weighted by Crippen LogP contribution is 2.29. The fraction of sp³-hybridized carbons (Fsp3) is 0.304. The van der Waals surface area contributed by atoms with Crippen molar-refractivity contribution >= 4 is 34.0 Å². The van der Waals surface area contributed by atoms with Crippen LogP contribution in [0.2, 0.25) is 0 Å². The van der Waals surface area contributed by atoms with Gasteiger partial charge in [-0.1, -0.05) is 11.3 Å².